The molecule has 0 radical (unpaired) electrons. The van der Waals surface area contributed by atoms with Crippen LogP contribution in [-0.4, -0.2) is 0 Å². The molecule has 0 fully saturated rings. The van der Waals surface area contributed by atoms with Crippen LogP contribution in [0.2, 0.25) is 0 Å². The highest BCUT2D eigenvalue weighted by Gasteiger charge is 2.02. The lowest BCUT2D eigenvalue weighted by atomic mass is 9.96. The monoisotopic (exact) mass is 124 g/mol. The normalized spacial score (nSPS) is 16.2. The maximum atomic E-state index is 5.23. The average molecular weight is 124 g/mol. The average Bonchev–Trinajstić information content (AvgIpc) is 1.87. The van der Waals surface area contributed by atoms with Gasteiger partial charge in [-0.15, -0.1) is 12.3 Å². The van der Waals surface area contributed by atoms with Gasteiger partial charge >= 0.3 is 0 Å². The lowest BCUT2D eigenvalue weighted by Crippen LogP contribution is -1.98. The van der Waals surface area contributed by atoms with E-state index in [0.717, 1.165) is 5.92 Å². The summed E-state index contributed by atoms with van der Waals surface area (Å²) in [6, 6.07) is 0. The molecule has 0 nitrogen and oxygen atoms in total. The molecule has 0 amide bonds. The van der Waals surface area contributed by atoms with Crippen molar-refractivity contribution in [2.24, 2.45) is 11.8 Å². The van der Waals surface area contributed by atoms with Crippen LogP contribution in [0.5, 0.6) is 0 Å². The quantitative estimate of drug-likeness (QED) is 0.507. The molecule has 52 valence electrons. The van der Waals surface area contributed by atoms with Gasteiger partial charge in [0.15, 0.2) is 0 Å². The Labute approximate surface area is 58.7 Å². The van der Waals surface area contributed by atoms with Crippen molar-refractivity contribution in [3.63, 3.8) is 0 Å². The molecule has 0 saturated carbocycles. The predicted octanol–water partition coefficient (Wildman–Crippen LogP) is 2.69. The van der Waals surface area contributed by atoms with Crippen molar-refractivity contribution in [1.29, 1.82) is 0 Å². The van der Waals surface area contributed by atoms with Crippen molar-refractivity contribution in [2.45, 2.75) is 33.6 Å². The number of terminal acetylenes is 1. The summed E-state index contributed by atoms with van der Waals surface area (Å²) in [6.07, 6.45) is 7.64. The molecule has 0 bridgehead atoms. The molecule has 0 aromatic rings. The van der Waals surface area contributed by atoms with Gasteiger partial charge in [0.05, 0.1) is 0 Å². The molecule has 0 saturated heterocycles. The van der Waals surface area contributed by atoms with E-state index in [-0.39, 0.29) is 0 Å². The van der Waals surface area contributed by atoms with Gasteiger partial charge in [-0.3, -0.25) is 0 Å². The van der Waals surface area contributed by atoms with Crippen LogP contribution in [0.4, 0.5) is 0 Å². The first-order valence-electron chi connectivity index (χ1n) is 3.66. The summed E-state index contributed by atoms with van der Waals surface area (Å²) in [5.41, 5.74) is 0. The van der Waals surface area contributed by atoms with Gasteiger partial charge in [-0.05, 0) is 12.3 Å². The Morgan fingerprint density at radius 3 is 2.33 bits per heavy atom. The second kappa shape index (κ2) is 4.44. The van der Waals surface area contributed by atoms with E-state index in [1.807, 2.05) is 0 Å². The predicted molar refractivity (Wildman–Crippen MR) is 42.1 cm³/mol. The van der Waals surface area contributed by atoms with Gasteiger partial charge in [-0.1, -0.05) is 27.2 Å². The van der Waals surface area contributed by atoms with Crippen LogP contribution >= 0.6 is 0 Å². The topological polar surface area (TPSA) is 0 Å². The Balaban J connectivity index is 3.37. The van der Waals surface area contributed by atoms with Crippen LogP contribution in [0.1, 0.15) is 33.6 Å². The van der Waals surface area contributed by atoms with Gasteiger partial charge in [0.1, 0.15) is 0 Å². The first-order chi connectivity index (χ1) is 4.20. The largest absolute Gasteiger partial charge is 0.120 e. The van der Waals surface area contributed by atoms with Crippen LogP contribution in [0, 0.1) is 24.2 Å². The highest BCUT2D eigenvalue weighted by molar-refractivity contribution is 4.90. The minimum Gasteiger partial charge on any atom is -0.120 e. The summed E-state index contributed by atoms with van der Waals surface area (Å²) in [7, 11) is 0. The van der Waals surface area contributed by atoms with Gasteiger partial charge in [0, 0.05) is 5.92 Å². The van der Waals surface area contributed by atoms with E-state index in [9.17, 15) is 0 Å². The molecule has 0 aliphatic carbocycles. The van der Waals surface area contributed by atoms with Crippen molar-refractivity contribution in [1.82, 2.24) is 0 Å². The summed E-state index contributed by atoms with van der Waals surface area (Å²) in [6.45, 7) is 6.55. The third kappa shape index (κ3) is 4.09. The minimum atomic E-state index is 0.458. The SMILES string of the molecule is C#CC(C)CC(C)CC. The second-order valence-electron chi connectivity index (χ2n) is 2.82. The molecule has 9 heavy (non-hydrogen) atoms. The summed E-state index contributed by atoms with van der Waals surface area (Å²) in [4.78, 5) is 0. The van der Waals surface area contributed by atoms with Crippen molar-refractivity contribution in [3.05, 3.63) is 0 Å². The smallest absolute Gasteiger partial charge is 0.0174 e. The highest BCUT2D eigenvalue weighted by atomic mass is 14.1. The number of hydrogen-bond donors (Lipinski definition) is 0. The fourth-order valence-electron chi connectivity index (χ4n) is 0.838. The Morgan fingerprint density at radius 1 is 1.44 bits per heavy atom. The highest BCUT2D eigenvalue weighted by Crippen LogP contribution is 2.12. The van der Waals surface area contributed by atoms with Crippen molar-refractivity contribution < 1.29 is 0 Å². The molecule has 2 atom stereocenters. The minimum absolute atomic E-state index is 0.458. The summed E-state index contributed by atoms with van der Waals surface area (Å²) in [5, 5.41) is 0. The third-order valence-electron chi connectivity index (χ3n) is 1.74. The van der Waals surface area contributed by atoms with Crippen molar-refractivity contribution in [3.8, 4) is 12.3 Å². The summed E-state index contributed by atoms with van der Waals surface area (Å²) < 4.78 is 0. The van der Waals surface area contributed by atoms with Gasteiger partial charge in [-0.25, -0.2) is 0 Å². The van der Waals surface area contributed by atoms with Gasteiger partial charge < -0.3 is 0 Å². The standard InChI is InChI=1S/C9H16/c1-5-8(3)7-9(4)6-2/h1,8-9H,6-7H2,2-4H3. The van der Waals surface area contributed by atoms with E-state index in [2.05, 4.69) is 26.7 Å². The zero-order valence-corrected chi connectivity index (χ0v) is 6.65. The summed E-state index contributed by atoms with van der Waals surface area (Å²) >= 11 is 0. The van der Waals surface area contributed by atoms with E-state index < -0.39 is 0 Å². The van der Waals surface area contributed by atoms with Crippen LogP contribution in [-0.2, 0) is 0 Å². The second-order valence-corrected chi connectivity index (χ2v) is 2.82. The maximum absolute atomic E-state index is 5.23. The molecule has 0 rings (SSSR count). The van der Waals surface area contributed by atoms with Crippen LogP contribution in [0.15, 0.2) is 0 Å². The molecular weight excluding hydrogens is 108 g/mol. The van der Waals surface area contributed by atoms with E-state index in [1.54, 1.807) is 0 Å². The van der Waals surface area contributed by atoms with Crippen molar-refractivity contribution >= 4 is 0 Å². The third-order valence-corrected chi connectivity index (χ3v) is 1.74. The van der Waals surface area contributed by atoms with Crippen LogP contribution in [0.3, 0.4) is 0 Å². The zero-order chi connectivity index (χ0) is 7.28. The maximum Gasteiger partial charge on any atom is 0.0174 e. The fourth-order valence-corrected chi connectivity index (χ4v) is 0.838. The lowest BCUT2D eigenvalue weighted by molar-refractivity contribution is 0.463. The first-order valence-corrected chi connectivity index (χ1v) is 3.66. The van der Waals surface area contributed by atoms with Crippen LogP contribution in [0.25, 0.3) is 0 Å². The van der Waals surface area contributed by atoms with Gasteiger partial charge in [0.2, 0.25) is 0 Å². The molecule has 0 aliphatic heterocycles. The molecule has 0 heteroatoms. The fraction of sp³-hybridized carbons (Fsp3) is 0.778. The van der Waals surface area contributed by atoms with E-state index in [1.165, 1.54) is 12.8 Å². The molecule has 2 unspecified atom stereocenters. The Morgan fingerprint density at radius 2 is 2.00 bits per heavy atom. The molecule has 0 aliphatic rings. The van der Waals surface area contributed by atoms with E-state index in [0.29, 0.717) is 5.92 Å². The lowest BCUT2D eigenvalue weighted by Gasteiger charge is -2.09. The molecular formula is C9H16. The Bertz CT molecular complexity index is 97.1. The van der Waals surface area contributed by atoms with Gasteiger partial charge in [-0.2, -0.15) is 0 Å². The first kappa shape index (κ1) is 8.56. The number of hydrogen-bond acceptors (Lipinski definition) is 0. The van der Waals surface area contributed by atoms with Crippen LogP contribution < -0.4 is 0 Å². The molecule has 0 heterocycles. The van der Waals surface area contributed by atoms with E-state index in [4.69, 9.17) is 6.42 Å². The Kier molecular flexibility index (Phi) is 4.22. The Hall–Kier alpha value is -0.440. The molecule has 0 spiro atoms. The van der Waals surface area contributed by atoms with Gasteiger partial charge in [0.25, 0.3) is 0 Å². The molecule has 0 aromatic carbocycles. The molecule has 0 N–H and O–H groups in total. The molecule has 0 aromatic heterocycles. The summed E-state index contributed by atoms with van der Waals surface area (Å²) in [5.74, 6) is 3.98. The van der Waals surface area contributed by atoms with E-state index >= 15 is 0 Å². The van der Waals surface area contributed by atoms with Crippen molar-refractivity contribution in [2.75, 3.05) is 0 Å². The number of rotatable bonds is 3. The zero-order valence-electron chi connectivity index (χ0n) is 6.65.